The molecule has 8 nitrogen and oxygen atoms in total. The van der Waals surface area contributed by atoms with E-state index in [4.69, 9.17) is 0 Å². The number of likely N-dealkylation sites (tertiary alicyclic amines) is 1. The lowest BCUT2D eigenvalue weighted by Crippen LogP contribution is -2.41. The number of rotatable bonds is 4. The number of aromatic nitrogens is 2. The molecule has 0 unspecified atom stereocenters. The summed E-state index contributed by atoms with van der Waals surface area (Å²) in [7, 11) is 0. The van der Waals surface area contributed by atoms with Crippen LogP contribution in [-0.2, 0) is 11.2 Å². The fraction of sp³-hybridized carbons (Fsp3) is 0.300. The molecule has 0 bridgehead atoms. The minimum absolute atomic E-state index is 0.00878. The smallest absolute Gasteiger partial charge is 0.326 e. The van der Waals surface area contributed by atoms with Crippen molar-refractivity contribution in [3.63, 3.8) is 0 Å². The summed E-state index contributed by atoms with van der Waals surface area (Å²) >= 11 is 0. The Bertz CT molecular complexity index is 1090. The highest BCUT2D eigenvalue weighted by atomic mass is 16.6. The molecule has 1 aliphatic heterocycles. The maximum absolute atomic E-state index is 12.6. The van der Waals surface area contributed by atoms with E-state index in [-0.39, 0.29) is 29.7 Å². The lowest BCUT2D eigenvalue weighted by atomic mass is 10.0. The van der Waals surface area contributed by atoms with E-state index in [1.54, 1.807) is 27.7 Å². The van der Waals surface area contributed by atoms with Crippen LogP contribution in [0.25, 0.3) is 11.0 Å². The number of benzene rings is 2. The first-order valence-corrected chi connectivity index (χ1v) is 9.24. The second-order valence-corrected chi connectivity index (χ2v) is 6.99. The van der Waals surface area contributed by atoms with Gasteiger partial charge in [0.2, 0.25) is 5.91 Å². The van der Waals surface area contributed by atoms with Crippen LogP contribution in [-0.4, -0.2) is 38.4 Å². The van der Waals surface area contributed by atoms with Crippen LogP contribution in [0.2, 0.25) is 0 Å². The Morgan fingerprint density at radius 3 is 2.54 bits per heavy atom. The number of nitro benzene ring substituents is 1. The van der Waals surface area contributed by atoms with E-state index in [0.29, 0.717) is 31.5 Å². The minimum atomic E-state index is -0.460. The van der Waals surface area contributed by atoms with Crippen LogP contribution in [0.4, 0.5) is 5.69 Å². The molecule has 0 atom stereocenters. The molecule has 1 saturated heterocycles. The molecule has 0 aliphatic carbocycles. The van der Waals surface area contributed by atoms with Crippen molar-refractivity contribution >= 4 is 22.6 Å². The first kappa shape index (κ1) is 18.0. The molecule has 0 saturated carbocycles. The van der Waals surface area contributed by atoms with Gasteiger partial charge in [0.1, 0.15) is 0 Å². The van der Waals surface area contributed by atoms with Gasteiger partial charge < -0.3 is 9.88 Å². The van der Waals surface area contributed by atoms with Crippen molar-refractivity contribution in [1.82, 2.24) is 14.5 Å². The van der Waals surface area contributed by atoms with Crippen LogP contribution < -0.4 is 5.69 Å². The van der Waals surface area contributed by atoms with Crippen LogP contribution >= 0.6 is 0 Å². The molecule has 144 valence electrons. The van der Waals surface area contributed by atoms with Gasteiger partial charge in [-0.15, -0.1) is 0 Å². The van der Waals surface area contributed by atoms with Crippen LogP contribution in [0.15, 0.2) is 53.3 Å². The molecule has 1 aromatic heterocycles. The van der Waals surface area contributed by atoms with Crippen LogP contribution in [0.5, 0.6) is 0 Å². The zero-order chi connectivity index (χ0) is 19.7. The van der Waals surface area contributed by atoms with E-state index in [1.165, 1.54) is 6.07 Å². The summed E-state index contributed by atoms with van der Waals surface area (Å²) in [6.45, 7) is 1.05. The number of hydrogen-bond donors (Lipinski definition) is 1. The molecule has 8 heteroatoms. The molecule has 0 radical (unpaired) electrons. The summed E-state index contributed by atoms with van der Waals surface area (Å²) in [5.41, 5.74) is 1.94. The van der Waals surface area contributed by atoms with Crippen molar-refractivity contribution < 1.29 is 9.72 Å². The number of carbonyl (C=O) groups is 1. The highest BCUT2D eigenvalue weighted by Gasteiger charge is 2.27. The number of nitrogens with one attached hydrogen (secondary N) is 1. The van der Waals surface area contributed by atoms with Gasteiger partial charge in [0.05, 0.1) is 22.4 Å². The number of amides is 1. The van der Waals surface area contributed by atoms with Gasteiger partial charge in [-0.25, -0.2) is 4.79 Å². The second-order valence-electron chi connectivity index (χ2n) is 6.99. The van der Waals surface area contributed by atoms with Gasteiger partial charge in [0, 0.05) is 30.8 Å². The first-order chi connectivity index (χ1) is 13.5. The number of imidazole rings is 1. The highest BCUT2D eigenvalue weighted by Crippen LogP contribution is 2.26. The van der Waals surface area contributed by atoms with Crippen LogP contribution in [0.1, 0.15) is 24.4 Å². The van der Waals surface area contributed by atoms with E-state index in [9.17, 15) is 19.7 Å². The number of piperidine rings is 1. The van der Waals surface area contributed by atoms with E-state index in [2.05, 4.69) is 4.98 Å². The molecule has 1 amide bonds. The normalized spacial score (nSPS) is 15.1. The largest absolute Gasteiger partial charge is 0.342 e. The molecule has 0 spiro atoms. The lowest BCUT2D eigenvalue weighted by Gasteiger charge is -2.32. The average Bonchev–Trinajstić information content (AvgIpc) is 3.04. The number of aromatic amines is 1. The number of nitrogens with zero attached hydrogens (tertiary/aromatic N) is 3. The number of fused-ring (bicyclic) bond motifs is 1. The summed E-state index contributed by atoms with van der Waals surface area (Å²) in [6.07, 6.45) is 1.35. The van der Waals surface area contributed by atoms with Crippen LogP contribution in [0, 0.1) is 10.1 Å². The van der Waals surface area contributed by atoms with Gasteiger partial charge in [-0.3, -0.25) is 19.5 Å². The Kier molecular flexibility index (Phi) is 4.68. The standard InChI is InChI=1S/C20H20N4O4/c25-19(13-14-5-1-3-7-17(14)24(27)28)22-11-9-15(10-12-22)23-18-8-4-2-6-16(18)21-20(23)26/h1-8,15H,9-13H2,(H,21,26). The van der Waals surface area contributed by atoms with Crippen molar-refractivity contribution in [2.75, 3.05) is 13.1 Å². The van der Waals surface area contributed by atoms with Crippen molar-refractivity contribution in [2.45, 2.75) is 25.3 Å². The second kappa shape index (κ2) is 7.30. The Hall–Kier alpha value is -3.42. The average molecular weight is 380 g/mol. The van der Waals surface area contributed by atoms with Crippen molar-refractivity contribution in [3.05, 3.63) is 74.7 Å². The number of H-pyrrole nitrogens is 1. The fourth-order valence-corrected chi connectivity index (χ4v) is 3.92. The van der Waals surface area contributed by atoms with Gasteiger partial charge >= 0.3 is 5.69 Å². The summed E-state index contributed by atoms with van der Waals surface area (Å²) in [5.74, 6) is -0.126. The SMILES string of the molecule is O=C(Cc1ccccc1[N+](=O)[O-])N1CCC(n2c(=O)[nH]c3ccccc32)CC1. The lowest BCUT2D eigenvalue weighted by molar-refractivity contribution is -0.385. The molecular formula is C20H20N4O4. The van der Waals surface area contributed by atoms with E-state index < -0.39 is 4.92 Å². The zero-order valence-corrected chi connectivity index (χ0v) is 15.2. The molecule has 1 N–H and O–H groups in total. The number of hydrogen-bond acceptors (Lipinski definition) is 4. The quantitative estimate of drug-likeness (QED) is 0.555. The molecular weight excluding hydrogens is 360 g/mol. The Morgan fingerprint density at radius 1 is 1.11 bits per heavy atom. The van der Waals surface area contributed by atoms with Crippen molar-refractivity contribution in [3.8, 4) is 0 Å². The third-order valence-corrected chi connectivity index (χ3v) is 5.34. The highest BCUT2D eigenvalue weighted by molar-refractivity contribution is 5.80. The number of nitro groups is 1. The predicted molar refractivity (Wildman–Crippen MR) is 104 cm³/mol. The molecule has 1 fully saturated rings. The Labute approximate surface area is 160 Å². The third-order valence-electron chi connectivity index (χ3n) is 5.34. The fourth-order valence-electron chi connectivity index (χ4n) is 3.92. The van der Waals surface area contributed by atoms with Gasteiger partial charge in [-0.2, -0.15) is 0 Å². The van der Waals surface area contributed by atoms with Gasteiger partial charge in [0.25, 0.3) is 5.69 Å². The van der Waals surface area contributed by atoms with Gasteiger partial charge in [-0.1, -0.05) is 30.3 Å². The topological polar surface area (TPSA) is 101 Å². The molecule has 1 aliphatic rings. The third kappa shape index (κ3) is 3.28. The number of para-hydroxylation sites is 3. The molecule has 2 heterocycles. The van der Waals surface area contributed by atoms with E-state index in [0.717, 1.165) is 11.0 Å². The molecule has 3 aromatic rings. The number of carbonyl (C=O) groups excluding carboxylic acids is 1. The first-order valence-electron chi connectivity index (χ1n) is 9.24. The van der Waals surface area contributed by atoms with Gasteiger partial charge in [-0.05, 0) is 25.0 Å². The summed E-state index contributed by atoms with van der Waals surface area (Å²) in [5, 5.41) is 11.1. The van der Waals surface area contributed by atoms with Gasteiger partial charge in [0.15, 0.2) is 0 Å². The predicted octanol–water partition coefficient (Wildman–Crippen LogP) is 2.64. The minimum Gasteiger partial charge on any atom is -0.342 e. The summed E-state index contributed by atoms with van der Waals surface area (Å²) in [4.78, 5) is 40.3. The van der Waals surface area contributed by atoms with E-state index in [1.807, 2.05) is 24.3 Å². The maximum atomic E-state index is 12.6. The Balaban J connectivity index is 1.46. The molecule has 4 rings (SSSR count). The molecule has 2 aromatic carbocycles. The Morgan fingerprint density at radius 2 is 1.79 bits per heavy atom. The van der Waals surface area contributed by atoms with Crippen molar-refractivity contribution in [2.24, 2.45) is 0 Å². The monoisotopic (exact) mass is 380 g/mol. The van der Waals surface area contributed by atoms with E-state index >= 15 is 0 Å². The zero-order valence-electron chi connectivity index (χ0n) is 15.2. The molecule has 28 heavy (non-hydrogen) atoms. The van der Waals surface area contributed by atoms with Crippen molar-refractivity contribution in [1.29, 1.82) is 0 Å². The summed E-state index contributed by atoms with van der Waals surface area (Å²) in [6, 6.07) is 13.9. The van der Waals surface area contributed by atoms with Crippen LogP contribution in [0.3, 0.4) is 0 Å². The summed E-state index contributed by atoms with van der Waals surface area (Å²) < 4.78 is 1.78. The maximum Gasteiger partial charge on any atom is 0.326 e.